The molecule has 0 spiro atoms. The van der Waals surface area contributed by atoms with Crippen molar-refractivity contribution >= 4 is 21.7 Å². The predicted molar refractivity (Wildman–Crippen MR) is 95.3 cm³/mol. The summed E-state index contributed by atoms with van der Waals surface area (Å²) in [5.74, 6) is 0.469. The summed E-state index contributed by atoms with van der Waals surface area (Å²) >= 11 is 0. The Hall–Kier alpha value is -1.74. The Kier molecular flexibility index (Phi) is 5.24. The highest BCUT2D eigenvalue weighted by molar-refractivity contribution is 7.91. The second-order valence-electron chi connectivity index (χ2n) is 6.57. The fourth-order valence-electron chi connectivity index (χ4n) is 3.70. The summed E-state index contributed by atoms with van der Waals surface area (Å²) in [6.45, 7) is 6.82. The Labute approximate surface area is 148 Å². The fourth-order valence-corrected chi connectivity index (χ4v) is 5.71. The highest BCUT2D eigenvalue weighted by Crippen LogP contribution is 2.28. The van der Waals surface area contributed by atoms with Crippen molar-refractivity contribution in [3.05, 3.63) is 18.0 Å². The number of carbonyl (C=O) groups excluding carboxylic acids is 1. The number of sulfone groups is 1. The van der Waals surface area contributed by atoms with Crippen LogP contribution in [0.25, 0.3) is 0 Å². The highest BCUT2D eigenvalue weighted by atomic mass is 32.2. The Bertz CT molecular complexity index is 722. The highest BCUT2D eigenvalue weighted by Gasteiger charge is 2.47. The zero-order valence-corrected chi connectivity index (χ0v) is 15.5. The average molecular weight is 367 g/mol. The van der Waals surface area contributed by atoms with Crippen LogP contribution in [0, 0.1) is 0 Å². The van der Waals surface area contributed by atoms with Crippen LogP contribution in [0.2, 0.25) is 0 Å². The molecule has 2 aliphatic rings. The molecule has 0 unspecified atom stereocenters. The molecular weight excluding hydrogens is 342 g/mol. The number of fused-ring (bicyclic) bond motifs is 1. The molecule has 2 atom stereocenters. The second-order valence-corrected chi connectivity index (χ2v) is 8.73. The van der Waals surface area contributed by atoms with Crippen LogP contribution in [0.3, 0.4) is 0 Å². The number of rotatable bonds is 5. The maximum absolute atomic E-state index is 12.9. The first kappa shape index (κ1) is 18.1. The normalized spacial score (nSPS) is 25.6. The Morgan fingerprint density at radius 2 is 1.88 bits per heavy atom. The van der Waals surface area contributed by atoms with Crippen LogP contribution in [-0.4, -0.2) is 83.9 Å². The molecule has 0 radical (unpaired) electrons. The summed E-state index contributed by atoms with van der Waals surface area (Å²) in [6, 6.07) is -0.393. The van der Waals surface area contributed by atoms with E-state index in [-0.39, 0.29) is 29.5 Å². The van der Waals surface area contributed by atoms with Gasteiger partial charge in [0.25, 0.3) is 5.91 Å². The molecule has 1 N–H and O–H groups in total. The van der Waals surface area contributed by atoms with Gasteiger partial charge in [-0.3, -0.25) is 9.69 Å². The van der Waals surface area contributed by atoms with Crippen molar-refractivity contribution in [2.24, 2.45) is 0 Å². The summed E-state index contributed by atoms with van der Waals surface area (Å²) in [7, 11) is -3.12. The number of anilines is 1. The zero-order valence-electron chi connectivity index (χ0n) is 14.7. The molecule has 0 saturated carbocycles. The molecule has 25 heavy (non-hydrogen) atoms. The number of piperazine rings is 1. The Morgan fingerprint density at radius 1 is 1.20 bits per heavy atom. The summed E-state index contributed by atoms with van der Waals surface area (Å²) in [4.78, 5) is 25.1. The molecule has 3 rings (SSSR count). The minimum Gasteiger partial charge on any atom is -0.355 e. The van der Waals surface area contributed by atoms with Crippen LogP contribution < -0.4 is 5.32 Å². The Balaban J connectivity index is 1.80. The number of hydrogen-bond acceptors (Lipinski definition) is 7. The first-order valence-electron chi connectivity index (χ1n) is 8.76. The van der Waals surface area contributed by atoms with Crippen molar-refractivity contribution in [2.75, 3.05) is 43.0 Å². The van der Waals surface area contributed by atoms with Crippen molar-refractivity contribution in [1.82, 2.24) is 19.8 Å². The third-order valence-electron chi connectivity index (χ3n) is 4.80. The van der Waals surface area contributed by atoms with Gasteiger partial charge in [0.2, 0.25) is 5.95 Å². The van der Waals surface area contributed by atoms with Gasteiger partial charge in [-0.1, -0.05) is 6.92 Å². The van der Waals surface area contributed by atoms with Crippen LogP contribution in [0.15, 0.2) is 12.4 Å². The lowest BCUT2D eigenvalue weighted by atomic mass is 10.0. The molecule has 2 fully saturated rings. The van der Waals surface area contributed by atoms with Gasteiger partial charge < -0.3 is 10.2 Å². The van der Waals surface area contributed by atoms with Gasteiger partial charge in [-0.05, 0) is 19.9 Å². The molecule has 8 nitrogen and oxygen atoms in total. The summed E-state index contributed by atoms with van der Waals surface area (Å²) in [5, 5.41) is 2.99. The summed E-state index contributed by atoms with van der Waals surface area (Å²) in [5.41, 5.74) is 0.397. The first-order valence-corrected chi connectivity index (χ1v) is 10.6. The van der Waals surface area contributed by atoms with Gasteiger partial charge in [-0.15, -0.1) is 0 Å². The molecule has 2 aliphatic heterocycles. The molecule has 1 amide bonds. The van der Waals surface area contributed by atoms with E-state index in [0.29, 0.717) is 31.1 Å². The summed E-state index contributed by atoms with van der Waals surface area (Å²) < 4.78 is 24.3. The van der Waals surface area contributed by atoms with Crippen molar-refractivity contribution in [3.8, 4) is 0 Å². The maximum Gasteiger partial charge on any atom is 0.257 e. The van der Waals surface area contributed by atoms with Gasteiger partial charge in [0.1, 0.15) is 0 Å². The van der Waals surface area contributed by atoms with E-state index >= 15 is 0 Å². The minimum absolute atomic E-state index is 0.0416. The molecule has 0 aliphatic carbocycles. The number of hydrogen-bond donors (Lipinski definition) is 1. The molecule has 3 heterocycles. The molecule has 0 bridgehead atoms. The van der Waals surface area contributed by atoms with Gasteiger partial charge in [-0.2, -0.15) is 0 Å². The third kappa shape index (κ3) is 3.77. The van der Waals surface area contributed by atoms with Gasteiger partial charge in [0.05, 0.1) is 23.1 Å². The maximum atomic E-state index is 12.9. The second kappa shape index (κ2) is 7.25. The third-order valence-corrected chi connectivity index (χ3v) is 6.50. The molecule has 9 heteroatoms. The fraction of sp³-hybridized carbons (Fsp3) is 0.688. The van der Waals surface area contributed by atoms with Crippen LogP contribution in [0.1, 0.15) is 30.6 Å². The van der Waals surface area contributed by atoms with Crippen molar-refractivity contribution in [3.63, 3.8) is 0 Å². The lowest BCUT2D eigenvalue weighted by Gasteiger charge is -2.43. The van der Waals surface area contributed by atoms with Crippen molar-refractivity contribution in [1.29, 1.82) is 0 Å². The van der Waals surface area contributed by atoms with Gasteiger partial charge in [0.15, 0.2) is 9.84 Å². The summed E-state index contributed by atoms with van der Waals surface area (Å²) in [6.07, 6.45) is 3.98. The van der Waals surface area contributed by atoms with E-state index < -0.39 is 9.84 Å². The van der Waals surface area contributed by atoms with Crippen molar-refractivity contribution in [2.45, 2.75) is 32.4 Å². The SMILES string of the molecule is CCCN1CCN(C(=O)c2cnc(NCC)nc2)[C@H]2CS(=O)(=O)C[C@H]21. The number of nitrogens with one attached hydrogen (secondary N) is 1. The molecule has 1 aromatic heterocycles. The molecular formula is C16H25N5O3S. The largest absolute Gasteiger partial charge is 0.355 e. The zero-order chi connectivity index (χ0) is 18.0. The van der Waals surface area contributed by atoms with Gasteiger partial charge in [0, 0.05) is 38.1 Å². The molecule has 0 aromatic carbocycles. The van der Waals surface area contributed by atoms with Crippen LogP contribution >= 0.6 is 0 Å². The van der Waals surface area contributed by atoms with E-state index in [9.17, 15) is 13.2 Å². The number of amides is 1. The van der Waals surface area contributed by atoms with Gasteiger partial charge in [-0.25, -0.2) is 18.4 Å². The van der Waals surface area contributed by atoms with E-state index in [0.717, 1.165) is 13.0 Å². The smallest absolute Gasteiger partial charge is 0.257 e. The van der Waals surface area contributed by atoms with E-state index in [4.69, 9.17) is 0 Å². The van der Waals surface area contributed by atoms with E-state index in [1.807, 2.05) is 6.92 Å². The van der Waals surface area contributed by atoms with E-state index in [2.05, 4.69) is 27.1 Å². The quantitative estimate of drug-likeness (QED) is 0.796. The topological polar surface area (TPSA) is 95.5 Å². The minimum atomic E-state index is -3.12. The van der Waals surface area contributed by atoms with Crippen LogP contribution in [0.4, 0.5) is 5.95 Å². The van der Waals surface area contributed by atoms with E-state index in [1.165, 1.54) is 12.4 Å². The standard InChI is InChI=1S/C16H25N5O3S/c1-3-5-20-6-7-21(14-11-25(23,24)10-13(14)20)15(22)12-8-18-16(17-4-2)19-9-12/h8-9,13-14H,3-7,10-11H2,1-2H3,(H,17,18,19)/t13-,14+/m1/s1. The van der Waals surface area contributed by atoms with Gasteiger partial charge >= 0.3 is 0 Å². The number of nitrogens with zero attached hydrogens (tertiary/aromatic N) is 4. The monoisotopic (exact) mass is 367 g/mol. The first-order chi connectivity index (χ1) is 11.9. The predicted octanol–water partition coefficient (Wildman–Crippen LogP) is 0.242. The number of aromatic nitrogens is 2. The molecule has 138 valence electrons. The molecule has 2 saturated heterocycles. The lowest BCUT2D eigenvalue weighted by Crippen LogP contribution is -2.60. The lowest BCUT2D eigenvalue weighted by molar-refractivity contribution is 0.0332. The Morgan fingerprint density at radius 3 is 2.52 bits per heavy atom. The average Bonchev–Trinajstić information content (AvgIpc) is 2.91. The molecule has 1 aromatic rings. The number of carbonyl (C=O) groups is 1. The van der Waals surface area contributed by atoms with Crippen molar-refractivity contribution < 1.29 is 13.2 Å². The van der Waals surface area contributed by atoms with Crippen LogP contribution in [-0.2, 0) is 9.84 Å². The van der Waals surface area contributed by atoms with E-state index in [1.54, 1.807) is 4.90 Å². The van der Waals surface area contributed by atoms with Crippen LogP contribution in [0.5, 0.6) is 0 Å².